The molecule has 1 atom stereocenters. The Morgan fingerprint density at radius 2 is 1.70 bits per heavy atom. The van der Waals surface area contributed by atoms with Crippen LogP contribution in [0, 0.1) is 0 Å². The van der Waals surface area contributed by atoms with Crippen LogP contribution in [0.3, 0.4) is 0 Å². The van der Waals surface area contributed by atoms with Gasteiger partial charge in [-0.05, 0) is 29.8 Å². The Morgan fingerprint density at radius 3 is 2.33 bits per heavy atom. The van der Waals surface area contributed by atoms with Crippen LogP contribution in [0.2, 0.25) is 0 Å². The van der Waals surface area contributed by atoms with E-state index >= 15 is 0 Å². The number of hydrogen-bond donors (Lipinski definition) is 2. The molecule has 1 heterocycles. The summed E-state index contributed by atoms with van der Waals surface area (Å²) in [6, 6.07) is 18.3. The molecule has 0 aliphatic rings. The molecule has 0 aliphatic carbocycles. The number of methoxy groups -OCH3 is 2. The fraction of sp³-hybridized carbons (Fsp3) is 0.190. The van der Waals surface area contributed by atoms with Gasteiger partial charge in [0.2, 0.25) is 0 Å². The number of aliphatic hydroxyl groups excluding tert-OH is 1. The van der Waals surface area contributed by atoms with Crippen LogP contribution in [0.4, 0.5) is 0 Å². The van der Waals surface area contributed by atoms with E-state index in [4.69, 9.17) is 9.47 Å². The zero-order valence-corrected chi connectivity index (χ0v) is 16.0. The second-order valence-corrected chi connectivity index (χ2v) is 7.10. The molecule has 3 aromatic rings. The Kier molecular flexibility index (Phi) is 6.11. The van der Waals surface area contributed by atoms with Gasteiger partial charge in [-0.3, -0.25) is 4.79 Å². The van der Waals surface area contributed by atoms with Crippen molar-refractivity contribution in [3.8, 4) is 11.5 Å². The summed E-state index contributed by atoms with van der Waals surface area (Å²) in [4.78, 5) is 14.3. The van der Waals surface area contributed by atoms with Gasteiger partial charge in [0.25, 0.3) is 5.91 Å². The lowest BCUT2D eigenvalue weighted by Crippen LogP contribution is -2.22. The number of hydrogen-bond acceptors (Lipinski definition) is 5. The summed E-state index contributed by atoms with van der Waals surface area (Å²) >= 11 is 1.47. The molecule has 1 amide bonds. The summed E-state index contributed by atoms with van der Waals surface area (Å²) < 4.78 is 10.4. The van der Waals surface area contributed by atoms with E-state index in [0.717, 1.165) is 15.3 Å². The number of carbonyl (C=O) groups is 1. The third-order valence-corrected chi connectivity index (χ3v) is 5.24. The van der Waals surface area contributed by atoms with Gasteiger partial charge in [0.1, 0.15) is 17.6 Å². The van der Waals surface area contributed by atoms with Crippen molar-refractivity contribution in [3.05, 3.63) is 81.5 Å². The lowest BCUT2D eigenvalue weighted by atomic mass is 10.1. The predicted molar refractivity (Wildman–Crippen MR) is 106 cm³/mol. The van der Waals surface area contributed by atoms with E-state index in [1.165, 1.54) is 11.3 Å². The van der Waals surface area contributed by atoms with Gasteiger partial charge < -0.3 is 19.9 Å². The maximum atomic E-state index is 12.4. The first-order valence-electron chi connectivity index (χ1n) is 8.43. The highest BCUT2D eigenvalue weighted by atomic mass is 32.1. The van der Waals surface area contributed by atoms with E-state index in [9.17, 15) is 9.90 Å². The molecule has 0 radical (unpaired) electrons. The minimum absolute atomic E-state index is 0.217. The molecule has 0 bridgehead atoms. The van der Waals surface area contributed by atoms with Crippen molar-refractivity contribution < 1.29 is 19.4 Å². The first-order chi connectivity index (χ1) is 13.1. The van der Waals surface area contributed by atoms with Crippen LogP contribution in [0.5, 0.6) is 11.5 Å². The molecule has 0 saturated carbocycles. The molecule has 2 N–H and O–H groups in total. The number of amides is 1. The highest BCUT2D eigenvalue weighted by molar-refractivity contribution is 7.12. The molecule has 0 spiro atoms. The van der Waals surface area contributed by atoms with Gasteiger partial charge in [-0.1, -0.05) is 30.3 Å². The fourth-order valence-electron chi connectivity index (χ4n) is 2.64. The second kappa shape index (κ2) is 8.70. The van der Waals surface area contributed by atoms with E-state index in [0.29, 0.717) is 23.6 Å². The van der Waals surface area contributed by atoms with Crippen LogP contribution >= 0.6 is 11.3 Å². The molecular weight excluding hydrogens is 362 g/mol. The van der Waals surface area contributed by atoms with Crippen molar-refractivity contribution in [2.75, 3.05) is 14.2 Å². The van der Waals surface area contributed by atoms with E-state index in [1.807, 2.05) is 42.5 Å². The lowest BCUT2D eigenvalue weighted by Gasteiger charge is -2.09. The smallest absolute Gasteiger partial charge is 0.251 e. The molecule has 1 aromatic heterocycles. The minimum Gasteiger partial charge on any atom is -0.497 e. The summed E-state index contributed by atoms with van der Waals surface area (Å²) in [5.41, 5.74) is 1.31. The quantitative estimate of drug-likeness (QED) is 0.652. The van der Waals surface area contributed by atoms with Crippen LogP contribution in [0.1, 0.15) is 31.8 Å². The molecule has 0 aliphatic heterocycles. The van der Waals surface area contributed by atoms with Gasteiger partial charge in [0.05, 0.1) is 20.8 Å². The van der Waals surface area contributed by atoms with Gasteiger partial charge in [0.15, 0.2) is 0 Å². The Morgan fingerprint density at radius 1 is 1.04 bits per heavy atom. The Bertz CT molecular complexity index is 885. The van der Waals surface area contributed by atoms with Crippen LogP contribution in [0.15, 0.2) is 60.7 Å². The molecular formula is C21H21NO4S. The highest BCUT2D eigenvalue weighted by Crippen LogP contribution is 2.28. The summed E-state index contributed by atoms with van der Waals surface area (Å²) in [5.74, 6) is 0.901. The summed E-state index contributed by atoms with van der Waals surface area (Å²) in [6.45, 7) is 0.379. The number of rotatable bonds is 7. The number of aliphatic hydroxyl groups is 1. The summed E-state index contributed by atoms with van der Waals surface area (Å²) in [5, 5.41) is 13.4. The summed E-state index contributed by atoms with van der Waals surface area (Å²) in [6.07, 6.45) is -0.664. The van der Waals surface area contributed by atoms with Crippen molar-refractivity contribution in [3.63, 3.8) is 0 Å². The van der Waals surface area contributed by atoms with Gasteiger partial charge in [0, 0.05) is 21.4 Å². The molecule has 27 heavy (non-hydrogen) atoms. The molecule has 2 aromatic carbocycles. The molecule has 5 nitrogen and oxygen atoms in total. The molecule has 0 fully saturated rings. The average Bonchev–Trinajstić information content (AvgIpc) is 3.20. The first-order valence-corrected chi connectivity index (χ1v) is 9.25. The van der Waals surface area contributed by atoms with Crippen molar-refractivity contribution in [1.29, 1.82) is 0 Å². The lowest BCUT2D eigenvalue weighted by molar-refractivity contribution is 0.0950. The molecule has 140 valence electrons. The average molecular weight is 383 g/mol. The Hall–Kier alpha value is -2.83. The van der Waals surface area contributed by atoms with Crippen molar-refractivity contribution in [2.45, 2.75) is 12.6 Å². The first kappa shape index (κ1) is 18.9. The SMILES string of the molecule is COc1cc(OC)cc(C(=O)NCc2ccc(C(O)c3ccccc3)s2)c1. The predicted octanol–water partition coefficient (Wildman–Crippen LogP) is 3.78. The summed E-state index contributed by atoms with van der Waals surface area (Å²) in [7, 11) is 3.09. The zero-order valence-electron chi connectivity index (χ0n) is 15.1. The third-order valence-electron chi connectivity index (χ3n) is 4.10. The van der Waals surface area contributed by atoms with Gasteiger partial charge in [-0.2, -0.15) is 0 Å². The molecule has 0 saturated heterocycles. The minimum atomic E-state index is -0.664. The van der Waals surface area contributed by atoms with Crippen molar-refractivity contribution >= 4 is 17.2 Å². The normalized spacial score (nSPS) is 11.7. The molecule has 1 unspecified atom stereocenters. The van der Waals surface area contributed by atoms with Crippen molar-refractivity contribution in [2.24, 2.45) is 0 Å². The van der Waals surface area contributed by atoms with Crippen LogP contribution in [-0.2, 0) is 6.54 Å². The van der Waals surface area contributed by atoms with Crippen LogP contribution < -0.4 is 14.8 Å². The van der Waals surface area contributed by atoms with Gasteiger partial charge in [-0.15, -0.1) is 11.3 Å². The zero-order chi connectivity index (χ0) is 19.2. The van der Waals surface area contributed by atoms with E-state index in [2.05, 4.69) is 5.32 Å². The van der Waals surface area contributed by atoms with Crippen molar-refractivity contribution in [1.82, 2.24) is 5.32 Å². The largest absolute Gasteiger partial charge is 0.497 e. The number of ether oxygens (including phenoxy) is 2. The monoisotopic (exact) mass is 383 g/mol. The molecule has 6 heteroatoms. The highest BCUT2D eigenvalue weighted by Gasteiger charge is 2.14. The van der Waals surface area contributed by atoms with E-state index < -0.39 is 6.10 Å². The van der Waals surface area contributed by atoms with Gasteiger partial charge >= 0.3 is 0 Å². The third kappa shape index (κ3) is 4.67. The van der Waals surface area contributed by atoms with E-state index in [1.54, 1.807) is 32.4 Å². The van der Waals surface area contributed by atoms with Gasteiger partial charge in [-0.25, -0.2) is 0 Å². The Labute approximate surface area is 162 Å². The maximum absolute atomic E-state index is 12.4. The number of benzene rings is 2. The van der Waals surface area contributed by atoms with Crippen LogP contribution in [0.25, 0.3) is 0 Å². The standard InChI is InChI=1S/C21H21NO4S/c1-25-16-10-15(11-17(12-16)26-2)21(24)22-13-18-8-9-19(27-18)20(23)14-6-4-3-5-7-14/h3-12,20,23H,13H2,1-2H3,(H,22,24). The Balaban J connectivity index is 1.65. The maximum Gasteiger partial charge on any atom is 0.251 e. The fourth-order valence-corrected chi connectivity index (χ4v) is 3.61. The second-order valence-electron chi connectivity index (χ2n) is 5.90. The number of nitrogens with one attached hydrogen (secondary N) is 1. The molecule has 3 rings (SSSR count). The number of thiophene rings is 1. The topological polar surface area (TPSA) is 67.8 Å². The van der Waals surface area contributed by atoms with E-state index in [-0.39, 0.29) is 5.91 Å². The number of carbonyl (C=O) groups excluding carboxylic acids is 1. The van der Waals surface area contributed by atoms with Crippen LogP contribution in [-0.4, -0.2) is 25.2 Å².